The van der Waals surface area contributed by atoms with E-state index in [2.05, 4.69) is 31.9 Å². The molecule has 10 heteroatoms. The highest BCUT2D eigenvalue weighted by Gasteiger charge is 2.34. The Balaban J connectivity index is 1.26. The number of nitrogens with zero attached hydrogens (tertiary/aromatic N) is 5. The van der Waals surface area contributed by atoms with Crippen LogP contribution in [0.15, 0.2) is 36.7 Å². The Morgan fingerprint density at radius 2 is 1.90 bits per heavy atom. The molecule has 0 bridgehead atoms. The van der Waals surface area contributed by atoms with Crippen molar-refractivity contribution >= 4 is 46.0 Å². The van der Waals surface area contributed by atoms with Crippen molar-refractivity contribution in [3.8, 4) is 0 Å². The number of likely N-dealkylation sites (tertiary alicyclic amines) is 1. The lowest BCUT2D eigenvalue weighted by molar-refractivity contribution is 0.0588. The van der Waals surface area contributed by atoms with Gasteiger partial charge < -0.3 is 10.2 Å². The Kier molecular flexibility index (Phi) is 8.96. The zero-order chi connectivity index (χ0) is 27.5. The summed E-state index contributed by atoms with van der Waals surface area (Å²) in [6.45, 7) is 9.95. The Labute approximate surface area is 239 Å². The van der Waals surface area contributed by atoms with E-state index < -0.39 is 0 Å². The number of rotatable bonds is 7. The number of hydrogen-bond donors (Lipinski definition) is 1. The number of anilines is 1. The lowest BCUT2D eigenvalue weighted by Gasteiger charge is -2.48. The van der Waals surface area contributed by atoms with E-state index in [0.29, 0.717) is 46.3 Å². The maximum atomic E-state index is 14.3. The number of piperidine rings is 1. The molecule has 2 aliphatic rings. The number of nitrogens with one attached hydrogen (secondary N) is 1. The maximum absolute atomic E-state index is 14.3. The van der Waals surface area contributed by atoms with Crippen LogP contribution < -0.4 is 10.2 Å². The topological polar surface area (TPSA) is 56.6 Å². The van der Waals surface area contributed by atoms with E-state index in [9.17, 15) is 9.18 Å². The molecule has 210 valence electrons. The molecule has 2 saturated heterocycles. The molecular formula is C29H37Cl2FN6O. The van der Waals surface area contributed by atoms with Crippen molar-refractivity contribution in [1.82, 2.24) is 24.7 Å². The van der Waals surface area contributed by atoms with E-state index in [-0.39, 0.29) is 11.8 Å². The fraction of sp³-hybridized carbons (Fsp3) is 0.517. The highest BCUT2D eigenvalue weighted by Crippen LogP contribution is 2.34. The van der Waals surface area contributed by atoms with E-state index in [1.54, 1.807) is 23.0 Å². The Hall–Kier alpha value is -2.39. The van der Waals surface area contributed by atoms with Gasteiger partial charge in [0.2, 0.25) is 0 Å². The number of carbonyl (C=O) groups is 1. The summed E-state index contributed by atoms with van der Waals surface area (Å²) >= 11 is 12.7. The largest absolute Gasteiger partial charge is 0.367 e. The molecule has 3 aromatic rings. The van der Waals surface area contributed by atoms with Crippen molar-refractivity contribution < 1.29 is 9.18 Å². The summed E-state index contributed by atoms with van der Waals surface area (Å²) in [6.07, 6.45) is 5.94. The van der Waals surface area contributed by atoms with Crippen molar-refractivity contribution in [1.29, 1.82) is 0 Å². The zero-order valence-electron chi connectivity index (χ0n) is 22.7. The number of carbonyl (C=O) groups excluding carboxylic acids is 1. The lowest BCUT2D eigenvalue weighted by atomic mass is 9.96. The highest BCUT2D eigenvalue weighted by molar-refractivity contribution is 6.34. The van der Waals surface area contributed by atoms with Crippen LogP contribution in [0, 0.1) is 5.82 Å². The molecule has 1 N–H and O–H groups in total. The number of halogens is 3. The lowest BCUT2D eigenvalue weighted by Crippen LogP contribution is -2.58. The third-order valence-electron chi connectivity index (χ3n) is 8.09. The number of aromatic nitrogens is 2. The van der Waals surface area contributed by atoms with E-state index >= 15 is 0 Å². The minimum absolute atomic E-state index is 0.188. The van der Waals surface area contributed by atoms with Gasteiger partial charge in [0.05, 0.1) is 21.7 Å². The minimum Gasteiger partial charge on any atom is -0.367 e. The van der Waals surface area contributed by atoms with Gasteiger partial charge in [-0.2, -0.15) is 0 Å². The summed E-state index contributed by atoms with van der Waals surface area (Å²) in [5.41, 5.74) is 3.14. The Bertz CT molecular complexity index is 1310. The van der Waals surface area contributed by atoms with Gasteiger partial charge in [-0.15, -0.1) is 0 Å². The predicted octanol–water partition coefficient (Wildman–Crippen LogP) is 6.02. The second-order valence-corrected chi connectivity index (χ2v) is 11.5. The molecule has 0 radical (unpaired) electrons. The van der Waals surface area contributed by atoms with Crippen LogP contribution in [0.1, 0.15) is 45.1 Å². The van der Waals surface area contributed by atoms with Crippen LogP contribution in [0.3, 0.4) is 0 Å². The summed E-state index contributed by atoms with van der Waals surface area (Å²) in [6, 6.07) is 9.59. The fourth-order valence-electron chi connectivity index (χ4n) is 6.12. The van der Waals surface area contributed by atoms with E-state index in [1.165, 1.54) is 6.07 Å². The first-order chi connectivity index (χ1) is 18.9. The van der Waals surface area contributed by atoms with Crippen molar-refractivity contribution in [2.45, 2.75) is 58.2 Å². The number of imidazole rings is 1. The third-order valence-corrected chi connectivity index (χ3v) is 8.63. The quantitative estimate of drug-likeness (QED) is 0.374. The maximum Gasteiger partial charge on any atom is 0.327 e. The number of hydrogen-bond acceptors (Lipinski definition) is 5. The fourth-order valence-corrected chi connectivity index (χ4v) is 6.55. The number of piperazine rings is 1. The molecule has 1 atom stereocenters. The molecule has 2 fully saturated rings. The standard InChI is InChI=1S/C29H37Cl2FN6O/c1-3-5-23-18-36(27-16-28-26(15-24(27)31)34-19-38(28)29(39)33-4-2)12-13-37(23)22-8-10-35(11-9-22)17-20-6-7-21(30)14-25(20)32/h6-7,14-16,19,22-23H,3-5,8-13,17-18H2,1-2H3,(H,33,39)/t23-/m0/s1. The van der Waals surface area contributed by atoms with E-state index in [0.717, 1.165) is 69.6 Å². The monoisotopic (exact) mass is 574 g/mol. The van der Waals surface area contributed by atoms with Crippen molar-refractivity contribution in [3.63, 3.8) is 0 Å². The van der Waals surface area contributed by atoms with Gasteiger partial charge in [0.1, 0.15) is 12.1 Å². The predicted molar refractivity (Wildman–Crippen MR) is 157 cm³/mol. The van der Waals surface area contributed by atoms with Gasteiger partial charge >= 0.3 is 6.03 Å². The van der Waals surface area contributed by atoms with Crippen LogP contribution in [-0.4, -0.2) is 76.7 Å². The summed E-state index contributed by atoms with van der Waals surface area (Å²) in [5, 5.41) is 3.94. The molecule has 5 rings (SSSR count). The number of fused-ring (bicyclic) bond motifs is 1. The van der Waals surface area contributed by atoms with Crippen molar-refractivity contribution in [3.05, 3.63) is 58.1 Å². The van der Waals surface area contributed by atoms with Crippen molar-refractivity contribution in [2.24, 2.45) is 0 Å². The van der Waals surface area contributed by atoms with Crippen LogP contribution in [-0.2, 0) is 6.54 Å². The molecule has 2 aromatic carbocycles. The molecule has 0 aliphatic carbocycles. The molecule has 1 aromatic heterocycles. The number of amides is 1. The second-order valence-electron chi connectivity index (χ2n) is 10.6. The summed E-state index contributed by atoms with van der Waals surface area (Å²) in [5.74, 6) is -0.227. The van der Waals surface area contributed by atoms with E-state index in [4.69, 9.17) is 23.2 Å². The first-order valence-electron chi connectivity index (χ1n) is 14.0. The number of benzene rings is 2. The molecule has 3 heterocycles. The van der Waals surface area contributed by atoms with Crippen LogP contribution in [0.4, 0.5) is 14.9 Å². The molecular weight excluding hydrogens is 538 g/mol. The van der Waals surface area contributed by atoms with Gasteiger partial charge in [0, 0.05) is 55.4 Å². The Morgan fingerprint density at radius 1 is 1.10 bits per heavy atom. The first-order valence-corrected chi connectivity index (χ1v) is 14.7. The van der Waals surface area contributed by atoms with Crippen LogP contribution in [0.5, 0.6) is 0 Å². The molecule has 0 unspecified atom stereocenters. The summed E-state index contributed by atoms with van der Waals surface area (Å²) in [7, 11) is 0. The first kappa shape index (κ1) is 28.1. The zero-order valence-corrected chi connectivity index (χ0v) is 24.2. The van der Waals surface area contributed by atoms with Gasteiger partial charge in [0.15, 0.2) is 0 Å². The normalized spacial score (nSPS) is 19.6. The second kappa shape index (κ2) is 12.4. The SMILES string of the molecule is CCC[C@H]1CN(c2cc3c(cc2Cl)ncn3C(=O)NCC)CCN1C1CCN(Cc2ccc(Cl)cc2F)CC1. The van der Waals surface area contributed by atoms with Crippen LogP contribution in [0.2, 0.25) is 10.0 Å². The molecule has 0 saturated carbocycles. The average Bonchev–Trinajstić information content (AvgIpc) is 3.33. The smallest absolute Gasteiger partial charge is 0.327 e. The van der Waals surface area contributed by atoms with Gasteiger partial charge in [0.25, 0.3) is 0 Å². The van der Waals surface area contributed by atoms with Gasteiger partial charge in [-0.25, -0.2) is 14.2 Å². The van der Waals surface area contributed by atoms with Gasteiger partial charge in [-0.05, 0) is 63.5 Å². The van der Waals surface area contributed by atoms with Crippen molar-refractivity contribution in [2.75, 3.05) is 44.2 Å². The molecule has 39 heavy (non-hydrogen) atoms. The molecule has 1 amide bonds. The summed E-state index contributed by atoms with van der Waals surface area (Å²) in [4.78, 5) is 24.3. The van der Waals surface area contributed by atoms with E-state index in [1.807, 2.05) is 19.1 Å². The molecule has 7 nitrogen and oxygen atoms in total. The average molecular weight is 576 g/mol. The van der Waals surface area contributed by atoms with Gasteiger partial charge in [-0.1, -0.05) is 42.6 Å². The minimum atomic E-state index is -0.227. The molecule has 2 aliphatic heterocycles. The molecule has 0 spiro atoms. The van der Waals surface area contributed by atoms with Crippen LogP contribution >= 0.6 is 23.2 Å². The highest BCUT2D eigenvalue weighted by atomic mass is 35.5. The third kappa shape index (κ3) is 6.19. The summed E-state index contributed by atoms with van der Waals surface area (Å²) < 4.78 is 15.9. The Morgan fingerprint density at radius 3 is 2.62 bits per heavy atom. The van der Waals surface area contributed by atoms with Gasteiger partial charge in [-0.3, -0.25) is 14.4 Å². The van der Waals surface area contributed by atoms with Crippen LogP contribution in [0.25, 0.3) is 11.0 Å².